The van der Waals surface area contributed by atoms with Gasteiger partial charge in [0.15, 0.2) is 32.1 Å². The zero-order valence-electron chi connectivity index (χ0n) is 19.0. The average Bonchev–Trinajstić information content (AvgIpc) is 3.13. The molecule has 3 saturated heterocycles. The molecule has 168 valence electrons. The second-order valence-electron chi connectivity index (χ2n) is 10.6. The molecular weight excluding hydrogens is 396 g/mol. The summed E-state index contributed by atoms with van der Waals surface area (Å²) in [4.78, 5) is 12.3. The summed E-state index contributed by atoms with van der Waals surface area (Å²) in [6, 6.07) is 0. The zero-order chi connectivity index (χ0) is 22.0. The van der Waals surface area contributed by atoms with Gasteiger partial charge >= 0.3 is 5.97 Å². The third-order valence-corrected chi connectivity index (χ3v) is 10.7. The van der Waals surface area contributed by atoms with Crippen LogP contribution in [0.2, 0.25) is 18.1 Å². The Kier molecular flexibility index (Phi) is 5.78. The van der Waals surface area contributed by atoms with Crippen LogP contribution >= 0.6 is 0 Å². The highest BCUT2D eigenvalue weighted by molar-refractivity contribution is 6.74. The molecule has 0 aromatic rings. The largest absolute Gasteiger partial charge is 0.455 e. The van der Waals surface area contributed by atoms with E-state index < -0.39 is 62.5 Å². The lowest BCUT2D eigenvalue weighted by molar-refractivity contribution is -0.201. The topological polar surface area (TPSA) is 92.7 Å². The molecule has 0 aromatic carbocycles. The van der Waals surface area contributed by atoms with Crippen LogP contribution in [0.25, 0.3) is 0 Å². The predicted octanol–water partition coefficient (Wildman–Crippen LogP) is 2.33. The van der Waals surface area contributed by atoms with Crippen molar-refractivity contribution in [2.45, 2.75) is 115 Å². The first-order chi connectivity index (χ1) is 13.0. The Bertz CT molecular complexity index is 641. The van der Waals surface area contributed by atoms with Gasteiger partial charge < -0.3 is 33.2 Å². The maximum Gasteiger partial charge on any atom is 0.338 e. The van der Waals surface area contributed by atoms with Crippen LogP contribution in [-0.4, -0.2) is 74.2 Å². The summed E-state index contributed by atoms with van der Waals surface area (Å²) in [6.07, 6.45) is -4.51. The zero-order valence-corrected chi connectivity index (χ0v) is 20.0. The summed E-state index contributed by atoms with van der Waals surface area (Å²) in [7, 11) is -2.05. The summed E-state index contributed by atoms with van der Waals surface area (Å²) < 4.78 is 35.4. The summed E-state index contributed by atoms with van der Waals surface area (Å²) in [5.41, 5.74) is 0. The first-order valence-corrected chi connectivity index (χ1v) is 13.2. The molecule has 0 amide bonds. The number of fused-ring (bicyclic) bond motifs is 1. The van der Waals surface area contributed by atoms with Gasteiger partial charge in [0, 0.05) is 0 Å². The van der Waals surface area contributed by atoms with Gasteiger partial charge in [0.2, 0.25) is 0 Å². The van der Waals surface area contributed by atoms with Crippen molar-refractivity contribution in [2.24, 2.45) is 0 Å². The van der Waals surface area contributed by atoms with Gasteiger partial charge in [0.25, 0.3) is 0 Å². The molecule has 3 aliphatic heterocycles. The van der Waals surface area contributed by atoms with Crippen LogP contribution in [0, 0.1) is 0 Å². The van der Waals surface area contributed by atoms with Crippen molar-refractivity contribution in [3.05, 3.63) is 0 Å². The van der Waals surface area contributed by atoms with E-state index in [0.717, 1.165) is 0 Å². The lowest BCUT2D eigenvalue weighted by Gasteiger charge is -2.37. The van der Waals surface area contributed by atoms with E-state index in [2.05, 4.69) is 33.9 Å². The van der Waals surface area contributed by atoms with E-state index in [0.29, 0.717) is 0 Å². The number of aliphatic hydroxyl groups excluding tert-OH is 1. The molecule has 3 fully saturated rings. The molecule has 0 aliphatic carbocycles. The van der Waals surface area contributed by atoms with Gasteiger partial charge in [-0.15, -0.1) is 0 Å². The highest BCUT2D eigenvalue weighted by atomic mass is 28.4. The van der Waals surface area contributed by atoms with Gasteiger partial charge in [-0.2, -0.15) is 0 Å². The normalized spacial score (nSPS) is 37.4. The molecule has 9 heteroatoms. The minimum atomic E-state index is -2.05. The molecule has 3 rings (SSSR count). The van der Waals surface area contributed by atoms with Gasteiger partial charge in [0.1, 0.15) is 24.4 Å². The summed E-state index contributed by atoms with van der Waals surface area (Å²) in [6.45, 7) is 17.9. The van der Waals surface area contributed by atoms with E-state index in [1.165, 1.54) is 0 Å². The van der Waals surface area contributed by atoms with Gasteiger partial charge in [-0.05, 0) is 45.8 Å². The number of hydrogen-bond donors (Lipinski definition) is 1. The molecule has 8 nitrogen and oxygen atoms in total. The average molecular weight is 433 g/mol. The van der Waals surface area contributed by atoms with Crippen molar-refractivity contribution < 1.29 is 38.0 Å². The van der Waals surface area contributed by atoms with Crippen molar-refractivity contribution in [1.29, 1.82) is 0 Å². The molecule has 0 saturated carbocycles. The monoisotopic (exact) mass is 432 g/mol. The third kappa shape index (κ3) is 4.56. The second-order valence-corrected chi connectivity index (χ2v) is 15.4. The van der Waals surface area contributed by atoms with E-state index >= 15 is 0 Å². The first kappa shape index (κ1) is 23.1. The van der Waals surface area contributed by atoms with Crippen molar-refractivity contribution in [3.63, 3.8) is 0 Å². The highest BCUT2D eigenvalue weighted by Gasteiger charge is 2.62. The van der Waals surface area contributed by atoms with Crippen LogP contribution in [0.5, 0.6) is 0 Å². The van der Waals surface area contributed by atoms with Gasteiger partial charge in [-0.25, -0.2) is 4.79 Å². The van der Waals surface area contributed by atoms with Crippen molar-refractivity contribution in [3.8, 4) is 0 Å². The molecule has 0 radical (unpaired) electrons. The van der Waals surface area contributed by atoms with Gasteiger partial charge in [-0.1, -0.05) is 20.8 Å². The number of esters is 1. The van der Waals surface area contributed by atoms with Crippen LogP contribution in [0.3, 0.4) is 0 Å². The fraction of sp³-hybridized carbons (Fsp3) is 0.950. The number of carbonyl (C=O) groups is 1. The van der Waals surface area contributed by atoms with Crippen molar-refractivity contribution in [2.75, 3.05) is 6.61 Å². The molecular formula is C20H36O8Si. The molecule has 29 heavy (non-hydrogen) atoms. The standard InChI is InChI=1S/C20H36O8Si/c1-18(2,3)29(8,9)23-10-11(21)12-14(26-19(4,5)25-12)13-15-16(17(22)24-13)28-20(6,7)27-15/h11-16,21H,10H2,1-9H3/t11-,12-,13-,14+,15-,16-/m1/s1. The van der Waals surface area contributed by atoms with Crippen LogP contribution in [-0.2, 0) is 32.9 Å². The Morgan fingerprint density at radius 1 is 1.00 bits per heavy atom. The molecule has 3 heterocycles. The Hall–Kier alpha value is -0.553. The van der Waals surface area contributed by atoms with E-state index in [-0.39, 0.29) is 11.6 Å². The number of aliphatic hydroxyl groups is 1. The van der Waals surface area contributed by atoms with Gasteiger partial charge in [0.05, 0.1) is 6.61 Å². The summed E-state index contributed by atoms with van der Waals surface area (Å²) >= 11 is 0. The predicted molar refractivity (Wildman–Crippen MR) is 107 cm³/mol. The van der Waals surface area contributed by atoms with Crippen LogP contribution in [0.4, 0.5) is 0 Å². The Balaban J connectivity index is 1.75. The minimum absolute atomic E-state index is 0.0211. The number of carbonyl (C=O) groups excluding carboxylic acids is 1. The van der Waals surface area contributed by atoms with Crippen molar-refractivity contribution in [1.82, 2.24) is 0 Å². The molecule has 0 unspecified atom stereocenters. The van der Waals surface area contributed by atoms with E-state index in [4.69, 9.17) is 28.1 Å². The fourth-order valence-corrected chi connectivity index (χ4v) is 4.73. The summed E-state index contributed by atoms with van der Waals surface area (Å²) in [5, 5.41) is 11.0. The first-order valence-electron chi connectivity index (χ1n) is 10.3. The number of hydrogen-bond acceptors (Lipinski definition) is 8. The maximum atomic E-state index is 12.3. The summed E-state index contributed by atoms with van der Waals surface area (Å²) in [5.74, 6) is -2.31. The number of rotatable bonds is 5. The van der Waals surface area contributed by atoms with E-state index in [1.54, 1.807) is 27.7 Å². The van der Waals surface area contributed by atoms with Gasteiger partial charge in [-0.3, -0.25) is 0 Å². The quantitative estimate of drug-likeness (QED) is 0.523. The third-order valence-electron chi connectivity index (χ3n) is 6.23. The van der Waals surface area contributed by atoms with Crippen LogP contribution in [0.1, 0.15) is 48.5 Å². The van der Waals surface area contributed by atoms with Crippen molar-refractivity contribution >= 4 is 14.3 Å². The molecule has 0 aromatic heterocycles. The molecule has 1 N–H and O–H groups in total. The van der Waals surface area contributed by atoms with Crippen LogP contribution < -0.4 is 0 Å². The molecule has 6 atom stereocenters. The minimum Gasteiger partial charge on any atom is -0.455 e. The molecule has 0 bridgehead atoms. The fourth-order valence-electron chi connectivity index (χ4n) is 3.71. The lowest BCUT2D eigenvalue weighted by atomic mass is 9.98. The molecule has 0 spiro atoms. The van der Waals surface area contributed by atoms with E-state index in [9.17, 15) is 9.90 Å². The van der Waals surface area contributed by atoms with E-state index in [1.807, 2.05) is 0 Å². The maximum absolute atomic E-state index is 12.3. The second kappa shape index (κ2) is 7.25. The highest BCUT2D eigenvalue weighted by Crippen LogP contribution is 2.43. The van der Waals surface area contributed by atoms with Crippen LogP contribution in [0.15, 0.2) is 0 Å². The Morgan fingerprint density at radius 2 is 1.55 bits per heavy atom. The number of cyclic esters (lactones) is 1. The Labute approximate surface area is 174 Å². The SMILES string of the molecule is CC1(C)O[C@H]([C@H]2OC(=O)[C@@H]3OC(C)(C)O[C@H]23)[C@@H]([C@H](O)CO[Si](C)(C)C(C)(C)C)O1. The number of ether oxygens (including phenoxy) is 5. The molecule has 3 aliphatic rings. The smallest absolute Gasteiger partial charge is 0.338 e. The lowest BCUT2D eigenvalue weighted by Crippen LogP contribution is -2.50. The Morgan fingerprint density at radius 3 is 2.14 bits per heavy atom.